The molecule has 112 valence electrons. The lowest BCUT2D eigenvalue weighted by molar-refractivity contribution is 0.653. The number of hydrogen-bond donors (Lipinski definition) is 1. The summed E-state index contributed by atoms with van der Waals surface area (Å²) in [5.41, 5.74) is 1.21. The number of aromatic nitrogens is 4. The van der Waals surface area contributed by atoms with Crippen molar-refractivity contribution in [2.75, 3.05) is 6.54 Å². The Balaban J connectivity index is 1.85. The molecule has 0 fully saturated rings. The van der Waals surface area contributed by atoms with Crippen molar-refractivity contribution in [1.82, 2.24) is 24.1 Å². The van der Waals surface area contributed by atoms with Crippen molar-refractivity contribution in [3.63, 3.8) is 0 Å². The van der Waals surface area contributed by atoms with E-state index in [0.29, 0.717) is 0 Å². The Morgan fingerprint density at radius 3 is 3.00 bits per heavy atom. The summed E-state index contributed by atoms with van der Waals surface area (Å²) in [6, 6.07) is 0. The fourth-order valence-electron chi connectivity index (χ4n) is 1.94. The van der Waals surface area contributed by atoms with Crippen LogP contribution in [0.5, 0.6) is 0 Å². The van der Waals surface area contributed by atoms with Crippen molar-refractivity contribution in [1.29, 1.82) is 0 Å². The molecule has 0 amide bonds. The summed E-state index contributed by atoms with van der Waals surface area (Å²) in [5.74, 6) is 0.911. The Kier molecular flexibility index (Phi) is 4.89. The second-order valence-corrected chi connectivity index (χ2v) is 7.39. The molecular weight excluding hydrogens is 322 g/mol. The van der Waals surface area contributed by atoms with Crippen LogP contribution in [-0.2, 0) is 13.0 Å². The van der Waals surface area contributed by atoms with Gasteiger partial charge in [0.25, 0.3) is 0 Å². The summed E-state index contributed by atoms with van der Waals surface area (Å²) >= 11 is 4.73. The summed E-state index contributed by atoms with van der Waals surface area (Å²) in [6.45, 7) is 6.09. The molecule has 0 aliphatic rings. The number of aryl methyl sites for hydroxylation is 1. The predicted octanol–water partition coefficient (Wildman–Crippen LogP) is 3.46. The molecule has 3 heterocycles. The first-order valence-electron chi connectivity index (χ1n) is 6.97. The zero-order valence-electron chi connectivity index (χ0n) is 12.0. The number of fused-ring (bicyclic) bond motifs is 1. The Morgan fingerprint density at radius 1 is 1.33 bits per heavy atom. The van der Waals surface area contributed by atoms with Crippen molar-refractivity contribution in [2.24, 2.45) is 0 Å². The van der Waals surface area contributed by atoms with Crippen molar-refractivity contribution >= 4 is 39.6 Å². The highest BCUT2D eigenvalue weighted by Gasteiger charge is 2.16. The minimum atomic E-state index is 0.827. The van der Waals surface area contributed by atoms with Crippen LogP contribution in [0.4, 0.5) is 0 Å². The maximum Gasteiger partial charge on any atom is 0.194 e. The Morgan fingerprint density at radius 2 is 2.24 bits per heavy atom. The first-order chi connectivity index (χ1) is 10.3. The molecule has 0 atom stereocenters. The monoisotopic (exact) mass is 339 g/mol. The van der Waals surface area contributed by atoms with Crippen LogP contribution >= 0.6 is 34.6 Å². The number of hydrogen-bond acceptors (Lipinski definition) is 7. The first kappa shape index (κ1) is 15.0. The zero-order chi connectivity index (χ0) is 14.7. The summed E-state index contributed by atoms with van der Waals surface area (Å²) in [7, 11) is 0. The molecule has 0 aromatic carbocycles. The van der Waals surface area contributed by atoms with Crippen LogP contribution < -0.4 is 5.32 Å². The smallest absolute Gasteiger partial charge is 0.194 e. The van der Waals surface area contributed by atoms with E-state index in [-0.39, 0.29) is 0 Å². The minimum absolute atomic E-state index is 0.827. The van der Waals surface area contributed by atoms with Crippen molar-refractivity contribution in [3.05, 3.63) is 23.1 Å². The maximum atomic E-state index is 4.73. The Labute approximate surface area is 136 Å². The van der Waals surface area contributed by atoms with Gasteiger partial charge in [-0.2, -0.15) is 4.37 Å². The molecule has 3 aromatic heterocycles. The molecule has 0 spiro atoms. The first-order valence-corrected chi connectivity index (χ1v) is 9.44. The molecule has 3 aromatic rings. The summed E-state index contributed by atoms with van der Waals surface area (Å²) in [6.07, 6.45) is 4.09. The second kappa shape index (κ2) is 6.87. The third kappa shape index (κ3) is 3.28. The fourth-order valence-corrected chi connectivity index (χ4v) is 4.47. The number of imidazole rings is 1. The van der Waals surface area contributed by atoms with Gasteiger partial charge in [0, 0.05) is 24.5 Å². The summed E-state index contributed by atoms with van der Waals surface area (Å²) in [5, 5.41) is 6.56. The highest BCUT2D eigenvalue weighted by molar-refractivity contribution is 8.00. The molecular formula is C13H17N5S3. The molecule has 3 rings (SSSR count). The van der Waals surface area contributed by atoms with Gasteiger partial charge in [0.2, 0.25) is 0 Å². The minimum Gasteiger partial charge on any atom is -0.311 e. The largest absolute Gasteiger partial charge is 0.311 e. The van der Waals surface area contributed by atoms with E-state index in [9.17, 15) is 0 Å². The van der Waals surface area contributed by atoms with Gasteiger partial charge in [0.1, 0.15) is 10.9 Å². The lowest BCUT2D eigenvalue weighted by Crippen LogP contribution is -2.15. The lowest BCUT2D eigenvalue weighted by atomic mass is 10.4. The van der Waals surface area contributed by atoms with E-state index in [0.717, 1.165) is 46.1 Å². The van der Waals surface area contributed by atoms with Gasteiger partial charge in [0.15, 0.2) is 9.30 Å². The molecule has 0 aliphatic heterocycles. The van der Waals surface area contributed by atoms with Crippen LogP contribution in [0.15, 0.2) is 20.9 Å². The molecule has 0 bridgehead atoms. The van der Waals surface area contributed by atoms with E-state index in [4.69, 9.17) is 4.98 Å². The van der Waals surface area contributed by atoms with Crippen LogP contribution in [0, 0.1) is 0 Å². The van der Waals surface area contributed by atoms with Crippen molar-refractivity contribution < 1.29 is 0 Å². The molecule has 0 aliphatic carbocycles. The normalized spacial score (nSPS) is 11.5. The van der Waals surface area contributed by atoms with Gasteiger partial charge in [-0.1, -0.05) is 13.8 Å². The van der Waals surface area contributed by atoms with Gasteiger partial charge in [0.05, 0.1) is 5.69 Å². The SMILES string of the molecule is CCCNCc1c(Sc2nc(CC)ns2)nc2sccn12. The topological polar surface area (TPSA) is 55.1 Å². The molecule has 0 saturated heterocycles. The van der Waals surface area contributed by atoms with Crippen molar-refractivity contribution in [3.8, 4) is 0 Å². The number of thiazole rings is 1. The number of nitrogens with zero attached hydrogens (tertiary/aromatic N) is 4. The molecule has 0 radical (unpaired) electrons. The Hall–Kier alpha value is -0.960. The van der Waals surface area contributed by atoms with Gasteiger partial charge in [-0.05, 0) is 36.3 Å². The number of rotatable bonds is 7. The molecule has 21 heavy (non-hydrogen) atoms. The zero-order valence-corrected chi connectivity index (χ0v) is 14.4. The predicted molar refractivity (Wildman–Crippen MR) is 88.5 cm³/mol. The molecule has 8 heteroatoms. The van der Waals surface area contributed by atoms with Gasteiger partial charge in [-0.25, -0.2) is 9.97 Å². The molecule has 5 nitrogen and oxygen atoms in total. The average Bonchev–Trinajstić information content (AvgIpc) is 3.17. The van der Waals surface area contributed by atoms with E-state index in [2.05, 4.69) is 44.5 Å². The number of nitrogens with one attached hydrogen (secondary N) is 1. The molecule has 1 N–H and O–H groups in total. The summed E-state index contributed by atoms with van der Waals surface area (Å²) < 4.78 is 7.47. The third-order valence-corrected chi connectivity index (χ3v) is 5.56. The van der Waals surface area contributed by atoms with E-state index in [1.165, 1.54) is 17.2 Å². The van der Waals surface area contributed by atoms with E-state index < -0.39 is 0 Å². The lowest BCUT2D eigenvalue weighted by Gasteiger charge is -2.04. The highest BCUT2D eigenvalue weighted by atomic mass is 32.2. The van der Waals surface area contributed by atoms with Crippen LogP contribution in [0.3, 0.4) is 0 Å². The molecule has 0 saturated carbocycles. The van der Waals surface area contributed by atoms with Gasteiger partial charge < -0.3 is 5.32 Å². The van der Waals surface area contributed by atoms with Crippen LogP contribution in [0.2, 0.25) is 0 Å². The van der Waals surface area contributed by atoms with Crippen LogP contribution in [0.1, 0.15) is 31.8 Å². The summed E-state index contributed by atoms with van der Waals surface area (Å²) in [4.78, 5) is 10.3. The standard InChI is InChI=1S/C13H17N5S3/c1-3-5-14-8-9-11(16-12-18(9)6-7-19-12)20-13-15-10(4-2)17-21-13/h6-7,14H,3-5,8H2,1-2H3. The highest BCUT2D eigenvalue weighted by Crippen LogP contribution is 2.32. The third-order valence-electron chi connectivity index (χ3n) is 2.99. The average molecular weight is 340 g/mol. The maximum absolute atomic E-state index is 4.73. The van der Waals surface area contributed by atoms with Crippen LogP contribution in [0.25, 0.3) is 4.96 Å². The van der Waals surface area contributed by atoms with Gasteiger partial charge >= 0.3 is 0 Å². The van der Waals surface area contributed by atoms with Crippen molar-refractivity contribution in [2.45, 2.75) is 42.6 Å². The second-order valence-electron chi connectivity index (χ2n) is 4.53. The van der Waals surface area contributed by atoms with E-state index >= 15 is 0 Å². The van der Waals surface area contributed by atoms with Crippen LogP contribution in [-0.4, -0.2) is 25.3 Å². The van der Waals surface area contributed by atoms with Gasteiger partial charge in [-0.15, -0.1) is 11.3 Å². The van der Waals surface area contributed by atoms with E-state index in [1.54, 1.807) is 23.1 Å². The fraction of sp³-hybridized carbons (Fsp3) is 0.462. The quantitative estimate of drug-likeness (QED) is 0.668. The van der Waals surface area contributed by atoms with E-state index in [1.807, 2.05) is 0 Å². The molecule has 0 unspecified atom stereocenters. The Bertz CT molecular complexity index is 714. The van der Waals surface area contributed by atoms with Gasteiger partial charge in [-0.3, -0.25) is 4.40 Å².